The molecule has 2 atom stereocenters. The number of piperazine rings is 1. The van der Waals surface area contributed by atoms with Crippen LogP contribution >= 0.6 is 0 Å². The second-order valence-corrected chi connectivity index (χ2v) is 10.0. The van der Waals surface area contributed by atoms with Gasteiger partial charge < -0.3 is 25.6 Å². The van der Waals surface area contributed by atoms with Crippen molar-refractivity contribution < 1.29 is 23.1 Å². The normalized spacial score (nSPS) is 17.3. The van der Waals surface area contributed by atoms with Gasteiger partial charge in [0.25, 0.3) is 11.8 Å². The van der Waals surface area contributed by atoms with Gasteiger partial charge >= 0.3 is 0 Å². The maximum absolute atomic E-state index is 15.6. The van der Waals surface area contributed by atoms with Crippen molar-refractivity contribution in [3.8, 4) is 28.3 Å². The Morgan fingerprint density at radius 2 is 1.90 bits per heavy atom. The molecule has 4 aromatic rings. The van der Waals surface area contributed by atoms with Gasteiger partial charge in [-0.15, -0.1) is 0 Å². The van der Waals surface area contributed by atoms with Gasteiger partial charge in [-0.3, -0.25) is 14.6 Å². The molecule has 2 aliphatic heterocycles. The van der Waals surface area contributed by atoms with E-state index in [1.54, 1.807) is 18.2 Å². The Kier molecular flexibility index (Phi) is 7.21. The van der Waals surface area contributed by atoms with Crippen LogP contribution in [0.25, 0.3) is 22.5 Å². The number of ether oxygens (including phenoxy) is 1. The van der Waals surface area contributed by atoms with Crippen LogP contribution in [0.2, 0.25) is 0 Å². The minimum Gasteiger partial charge on any atom is -0.496 e. The monoisotopic (exact) mass is 571 g/mol. The van der Waals surface area contributed by atoms with Crippen molar-refractivity contribution in [2.24, 2.45) is 0 Å². The number of halogens is 2. The molecule has 6 rings (SSSR count). The Morgan fingerprint density at radius 1 is 1.05 bits per heavy atom. The third-order valence-electron chi connectivity index (χ3n) is 7.54. The molecule has 4 heterocycles. The van der Waals surface area contributed by atoms with Gasteiger partial charge in [-0.2, -0.15) is 0 Å². The number of rotatable bonds is 7. The lowest BCUT2D eigenvalue weighted by atomic mass is 10.0. The zero-order chi connectivity index (χ0) is 29.4. The molecule has 2 aliphatic rings. The van der Waals surface area contributed by atoms with E-state index in [2.05, 4.69) is 35.8 Å². The first kappa shape index (κ1) is 27.2. The molecular weight excluding hydrogens is 544 g/mol. The molecule has 2 fully saturated rings. The lowest BCUT2D eigenvalue weighted by Crippen LogP contribution is -2.44. The highest BCUT2D eigenvalue weighted by atomic mass is 19.1. The minimum absolute atomic E-state index is 0.0185. The third-order valence-corrected chi connectivity index (χ3v) is 7.54. The highest BCUT2D eigenvalue weighted by Gasteiger charge is 2.39. The van der Waals surface area contributed by atoms with Crippen molar-refractivity contribution in [3.05, 3.63) is 83.9 Å². The zero-order valence-electron chi connectivity index (χ0n) is 22.8. The largest absolute Gasteiger partial charge is 0.496 e. The molecule has 2 saturated heterocycles. The summed E-state index contributed by atoms with van der Waals surface area (Å²) in [6, 6.07) is 12.3. The number of benzene rings is 2. The number of methoxy groups -OCH3 is 1. The van der Waals surface area contributed by atoms with Gasteiger partial charge in [-0.25, -0.2) is 18.7 Å². The summed E-state index contributed by atoms with van der Waals surface area (Å²) in [5.41, 5.74) is 1.90. The molecule has 2 aromatic heterocycles. The fraction of sp³-hybridized carbons (Fsp3) is 0.233. The molecule has 3 N–H and O–H groups in total. The van der Waals surface area contributed by atoms with Crippen molar-refractivity contribution in [2.45, 2.75) is 18.5 Å². The van der Waals surface area contributed by atoms with E-state index in [0.717, 1.165) is 13.0 Å². The summed E-state index contributed by atoms with van der Waals surface area (Å²) in [5.74, 6) is -1.92. The van der Waals surface area contributed by atoms with Gasteiger partial charge in [0.15, 0.2) is 5.82 Å². The van der Waals surface area contributed by atoms with Crippen LogP contribution in [0.3, 0.4) is 0 Å². The number of nitrogens with zero attached hydrogens (tertiary/aromatic N) is 4. The molecule has 10 nitrogen and oxygen atoms in total. The van der Waals surface area contributed by atoms with Crippen LogP contribution in [-0.4, -0.2) is 66.1 Å². The fourth-order valence-corrected chi connectivity index (χ4v) is 5.48. The number of anilines is 2. The Morgan fingerprint density at radius 3 is 2.60 bits per heavy atom. The number of carbonyl (C=O) groups is 2. The summed E-state index contributed by atoms with van der Waals surface area (Å²) in [7, 11) is 2.91. The summed E-state index contributed by atoms with van der Waals surface area (Å²) < 4.78 is 35.5. The summed E-state index contributed by atoms with van der Waals surface area (Å²) in [6.45, 7) is 1.46. The number of hydrogen-bond donors (Lipinski definition) is 3. The van der Waals surface area contributed by atoms with Gasteiger partial charge in [-0.1, -0.05) is 12.1 Å². The molecule has 0 spiro atoms. The third kappa shape index (κ3) is 5.00. The topological polar surface area (TPSA) is 121 Å². The van der Waals surface area contributed by atoms with E-state index in [-0.39, 0.29) is 51.7 Å². The van der Waals surface area contributed by atoms with Gasteiger partial charge in [-0.05, 0) is 36.8 Å². The molecular formula is C30H27F2N7O3. The van der Waals surface area contributed by atoms with Gasteiger partial charge in [0.2, 0.25) is 0 Å². The molecule has 0 unspecified atom stereocenters. The van der Waals surface area contributed by atoms with Crippen molar-refractivity contribution >= 4 is 23.2 Å². The molecule has 2 aromatic carbocycles. The minimum atomic E-state index is -0.610. The number of amides is 2. The van der Waals surface area contributed by atoms with Gasteiger partial charge in [0.05, 0.1) is 24.0 Å². The second kappa shape index (κ2) is 11.1. The Labute approximate surface area is 240 Å². The Balaban J connectivity index is 1.36. The van der Waals surface area contributed by atoms with E-state index in [1.807, 2.05) is 0 Å². The molecule has 0 radical (unpaired) electrons. The molecule has 2 amide bonds. The summed E-state index contributed by atoms with van der Waals surface area (Å²) in [4.78, 5) is 40.1. The lowest BCUT2D eigenvalue weighted by Gasteiger charge is -2.32. The average molecular weight is 572 g/mol. The van der Waals surface area contributed by atoms with Crippen LogP contribution in [0.15, 0.2) is 60.9 Å². The molecule has 214 valence electrons. The van der Waals surface area contributed by atoms with Gasteiger partial charge in [0.1, 0.15) is 28.8 Å². The second-order valence-electron chi connectivity index (χ2n) is 10.0. The van der Waals surface area contributed by atoms with Crippen LogP contribution in [0.5, 0.6) is 5.75 Å². The van der Waals surface area contributed by atoms with E-state index in [4.69, 9.17) is 4.74 Å². The average Bonchev–Trinajstić information content (AvgIpc) is 3.65. The van der Waals surface area contributed by atoms with Crippen molar-refractivity contribution in [2.75, 3.05) is 37.5 Å². The molecule has 2 bridgehead atoms. The number of fused-ring (bicyclic) bond motifs is 2. The fourth-order valence-electron chi connectivity index (χ4n) is 5.48. The summed E-state index contributed by atoms with van der Waals surface area (Å²) >= 11 is 0. The molecule has 0 aliphatic carbocycles. The van der Waals surface area contributed by atoms with E-state index >= 15 is 4.39 Å². The maximum atomic E-state index is 15.6. The lowest BCUT2D eigenvalue weighted by molar-refractivity contribution is 0.0957. The first-order valence-electron chi connectivity index (χ1n) is 13.4. The number of carbonyl (C=O) groups excluding carboxylic acids is 2. The number of hydrogen-bond acceptors (Lipinski definition) is 8. The van der Waals surface area contributed by atoms with Crippen LogP contribution in [-0.2, 0) is 0 Å². The number of pyridine rings is 1. The van der Waals surface area contributed by atoms with E-state index in [0.29, 0.717) is 23.8 Å². The molecule has 12 heteroatoms. The summed E-state index contributed by atoms with van der Waals surface area (Å²) in [5, 5.41) is 8.77. The predicted octanol–water partition coefficient (Wildman–Crippen LogP) is 3.65. The Bertz CT molecular complexity index is 1680. The van der Waals surface area contributed by atoms with Crippen molar-refractivity contribution in [3.63, 3.8) is 0 Å². The molecule has 42 heavy (non-hydrogen) atoms. The smallest absolute Gasteiger partial charge is 0.274 e. The van der Waals surface area contributed by atoms with Crippen LogP contribution in [0.4, 0.5) is 20.2 Å². The van der Waals surface area contributed by atoms with Crippen LogP contribution in [0.1, 0.15) is 27.4 Å². The quantitative estimate of drug-likeness (QED) is 0.308. The zero-order valence-corrected chi connectivity index (χ0v) is 22.8. The number of aromatic nitrogens is 3. The van der Waals surface area contributed by atoms with E-state index in [1.165, 1.54) is 56.9 Å². The molecule has 0 saturated carbocycles. The van der Waals surface area contributed by atoms with Crippen LogP contribution < -0.4 is 25.6 Å². The predicted molar refractivity (Wildman–Crippen MR) is 152 cm³/mol. The van der Waals surface area contributed by atoms with E-state index in [9.17, 15) is 14.0 Å². The summed E-state index contributed by atoms with van der Waals surface area (Å²) in [6.07, 6.45) is 3.73. The van der Waals surface area contributed by atoms with Crippen molar-refractivity contribution in [1.82, 2.24) is 25.6 Å². The highest BCUT2D eigenvalue weighted by Crippen LogP contribution is 2.39. The van der Waals surface area contributed by atoms with Crippen LogP contribution in [0, 0.1) is 11.6 Å². The maximum Gasteiger partial charge on any atom is 0.274 e. The number of nitrogens with one attached hydrogen (secondary N) is 3. The van der Waals surface area contributed by atoms with Gasteiger partial charge in [0, 0.05) is 61.8 Å². The van der Waals surface area contributed by atoms with Crippen molar-refractivity contribution in [1.29, 1.82) is 0 Å². The highest BCUT2D eigenvalue weighted by molar-refractivity contribution is 6.05. The Hall–Kier alpha value is -4.97. The van der Waals surface area contributed by atoms with E-state index < -0.39 is 17.5 Å². The standard InChI is InChI=1S/C30H27F2N7O3/c1-33-29(40)22-7-6-16(13-36-22)19-11-25(39-15-17-10-18(39)14-35-17)24(12-21(19)32)38-30(41)23-8-9-34-28(37-23)27-20(31)4-3-5-26(27)42-2/h3-9,11-13,17-18,35H,10,14-15H2,1-2H3,(H,33,40)(H,38,41)/t17-,18-/m0/s1. The first-order chi connectivity index (χ1) is 20.4. The SMILES string of the molecule is CNC(=O)c1ccc(-c2cc(N3C[C@@H]4C[C@H]3CN4)c(NC(=O)c3ccnc(-c4c(F)cccc4OC)n3)cc2F)cn1. The first-order valence-corrected chi connectivity index (χ1v) is 13.4.